The van der Waals surface area contributed by atoms with Crippen LogP contribution < -0.4 is 0 Å². The van der Waals surface area contributed by atoms with Crippen molar-refractivity contribution in [3.8, 4) is 0 Å². The topological polar surface area (TPSA) is 79.2 Å². The lowest BCUT2D eigenvalue weighted by Crippen LogP contribution is -2.55. The Balaban J connectivity index is 1.82. The van der Waals surface area contributed by atoms with Gasteiger partial charge in [-0.05, 0) is 25.7 Å². The molecule has 5 nitrogen and oxygen atoms in total. The van der Waals surface area contributed by atoms with Gasteiger partial charge in [0, 0.05) is 6.61 Å². The van der Waals surface area contributed by atoms with E-state index in [1.165, 1.54) is 83.5 Å². The minimum absolute atomic E-state index is 0.207. The van der Waals surface area contributed by atoms with Crippen LogP contribution in [0.2, 0.25) is 0 Å². The van der Waals surface area contributed by atoms with Gasteiger partial charge in [0.05, 0.1) is 13.2 Å². The van der Waals surface area contributed by atoms with Crippen LogP contribution >= 0.6 is 0 Å². The molecule has 0 bridgehead atoms. The average Bonchev–Trinajstić information content (AvgIpc) is 2.78. The van der Waals surface area contributed by atoms with Crippen molar-refractivity contribution in [3.05, 3.63) is 12.2 Å². The van der Waals surface area contributed by atoms with E-state index in [0.717, 1.165) is 19.3 Å². The Morgan fingerprint density at radius 1 is 0.742 bits per heavy atom. The third kappa shape index (κ3) is 14.3. The maximum Gasteiger partial charge on any atom is 0.111 e. The quantitative estimate of drug-likeness (QED) is 0.176. The van der Waals surface area contributed by atoms with Crippen molar-refractivity contribution in [1.82, 2.24) is 0 Å². The van der Waals surface area contributed by atoms with Gasteiger partial charge in [-0.3, -0.25) is 0 Å². The molecule has 1 saturated heterocycles. The van der Waals surface area contributed by atoms with Crippen LogP contribution in [-0.4, -0.2) is 59.6 Å². The number of rotatable bonds is 20. The Morgan fingerprint density at radius 3 is 1.81 bits per heavy atom. The molecule has 0 aromatic carbocycles. The molecule has 31 heavy (non-hydrogen) atoms. The Morgan fingerprint density at radius 2 is 1.26 bits per heavy atom. The summed E-state index contributed by atoms with van der Waals surface area (Å²) < 4.78 is 11.0. The molecule has 0 amide bonds. The van der Waals surface area contributed by atoms with E-state index >= 15 is 0 Å². The molecule has 1 fully saturated rings. The Hall–Kier alpha value is -0.460. The minimum Gasteiger partial charge on any atom is -0.394 e. The van der Waals surface area contributed by atoms with E-state index in [1.54, 1.807) is 0 Å². The number of hydrogen-bond acceptors (Lipinski definition) is 5. The van der Waals surface area contributed by atoms with Crippen LogP contribution in [0, 0.1) is 0 Å². The molecule has 1 aliphatic heterocycles. The van der Waals surface area contributed by atoms with Crippen LogP contribution in [0.5, 0.6) is 0 Å². The molecule has 0 aliphatic carbocycles. The summed E-state index contributed by atoms with van der Waals surface area (Å²) in [6, 6.07) is 0. The smallest absolute Gasteiger partial charge is 0.111 e. The summed E-state index contributed by atoms with van der Waals surface area (Å²) in [5.41, 5.74) is 0. The van der Waals surface area contributed by atoms with Crippen molar-refractivity contribution in [1.29, 1.82) is 0 Å². The van der Waals surface area contributed by atoms with Crippen LogP contribution in [0.25, 0.3) is 0 Å². The average molecular weight is 443 g/mol. The van der Waals surface area contributed by atoms with Gasteiger partial charge in [0.2, 0.25) is 0 Å². The second-order valence-electron chi connectivity index (χ2n) is 9.09. The number of ether oxygens (including phenoxy) is 2. The molecule has 3 N–H and O–H groups in total. The first-order valence-corrected chi connectivity index (χ1v) is 13.1. The maximum absolute atomic E-state index is 10.0. The Bertz CT molecular complexity index is 415. The van der Waals surface area contributed by atoms with Gasteiger partial charge in [0.25, 0.3) is 0 Å². The van der Waals surface area contributed by atoms with Crippen molar-refractivity contribution in [2.45, 2.75) is 134 Å². The first-order chi connectivity index (χ1) is 15.2. The summed E-state index contributed by atoms with van der Waals surface area (Å²) in [6.45, 7) is 2.72. The lowest BCUT2D eigenvalue weighted by atomic mass is 10.0. The molecule has 0 radical (unpaired) electrons. The first kappa shape index (κ1) is 28.6. The first-order valence-electron chi connectivity index (χ1n) is 13.1. The molecule has 0 spiro atoms. The van der Waals surface area contributed by atoms with Crippen molar-refractivity contribution in [2.75, 3.05) is 19.8 Å². The molecule has 1 aliphatic rings. The highest BCUT2D eigenvalue weighted by molar-refractivity contribution is 4.87. The number of allylic oxidation sites excluding steroid dienone is 2. The van der Waals surface area contributed by atoms with Crippen molar-refractivity contribution < 1.29 is 24.8 Å². The molecule has 4 atom stereocenters. The molecule has 5 heteroatoms. The van der Waals surface area contributed by atoms with Gasteiger partial charge >= 0.3 is 0 Å². The predicted molar refractivity (Wildman–Crippen MR) is 127 cm³/mol. The number of aliphatic hydroxyl groups excluding tert-OH is 3. The predicted octanol–water partition coefficient (Wildman–Crippen LogP) is 5.30. The molecule has 0 aromatic rings. The molecule has 1 heterocycles. The second kappa shape index (κ2) is 20.2. The number of aliphatic hydroxyl groups is 3. The fraction of sp³-hybridized carbons (Fsp3) is 0.923. The summed E-state index contributed by atoms with van der Waals surface area (Å²) in [4.78, 5) is 0. The van der Waals surface area contributed by atoms with Gasteiger partial charge in [-0.2, -0.15) is 0 Å². The van der Waals surface area contributed by atoms with E-state index in [1.807, 2.05) is 0 Å². The maximum atomic E-state index is 10.0. The molecule has 0 aromatic heterocycles. The third-order valence-electron chi connectivity index (χ3n) is 6.25. The molecular formula is C26H50O5. The van der Waals surface area contributed by atoms with Crippen LogP contribution in [0.15, 0.2) is 12.2 Å². The summed E-state index contributed by atoms with van der Waals surface area (Å²) in [6.07, 6.45) is 22.2. The fourth-order valence-corrected chi connectivity index (χ4v) is 4.11. The van der Waals surface area contributed by atoms with Crippen molar-refractivity contribution in [2.24, 2.45) is 0 Å². The summed E-state index contributed by atoms with van der Waals surface area (Å²) in [5, 5.41) is 28.9. The van der Waals surface area contributed by atoms with E-state index in [0.29, 0.717) is 6.61 Å². The summed E-state index contributed by atoms with van der Waals surface area (Å²) >= 11 is 0. The fourth-order valence-electron chi connectivity index (χ4n) is 4.11. The zero-order valence-corrected chi connectivity index (χ0v) is 20.1. The molecule has 184 valence electrons. The van der Waals surface area contributed by atoms with Crippen LogP contribution in [0.3, 0.4) is 0 Å². The van der Waals surface area contributed by atoms with E-state index in [9.17, 15) is 10.2 Å². The van der Waals surface area contributed by atoms with E-state index in [-0.39, 0.29) is 13.2 Å². The van der Waals surface area contributed by atoms with Gasteiger partial charge in [0.1, 0.15) is 24.4 Å². The highest BCUT2D eigenvalue weighted by atomic mass is 16.6. The lowest BCUT2D eigenvalue weighted by Gasteiger charge is -2.36. The zero-order valence-electron chi connectivity index (χ0n) is 20.1. The summed E-state index contributed by atoms with van der Waals surface area (Å²) in [5.74, 6) is 0. The molecule has 0 saturated carbocycles. The second-order valence-corrected chi connectivity index (χ2v) is 9.09. The van der Waals surface area contributed by atoms with E-state index < -0.39 is 24.4 Å². The summed E-state index contributed by atoms with van der Waals surface area (Å²) in [7, 11) is 0. The number of hydrogen-bond donors (Lipinski definition) is 3. The van der Waals surface area contributed by atoms with Crippen molar-refractivity contribution >= 4 is 0 Å². The molecule has 1 rings (SSSR count). The van der Waals surface area contributed by atoms with Gasteiger partial charge < -0.3 is 24.8 Å². The molecule has 0 unspecified atom stereocenters. The number of unbranched alkanes of at least 4 members (excludes halogenated alkanes) is 14. The largest absolute Gasteiger partial charge is 0.394 e. The highest BCUT2D eigenvalue weighted by Crippen LogP contribution is 2.18. The highest BCUT2D eigenvalue weighted by Gasteiger charge is 2.38. The van der Waals surface area contributed by atoms with Crippen LogP contribution in [0.4, 0.5) is 0 Å². The SMILES string of the molecule is CCCCCCCCCCCCCCC/C=C/CCCO[C@H]1CO[C@H](CO)[C@@H](O)[C@@H]1O. The minimum atomic E-state index is -1.09. The van der Waals surface area contributed by atoms with Gasteiger partial charge in [-0.25, -0.2) is 0 Å². The van der Waals surface area contributed by atoms with E-state index in [4.69, 9.17) is 14.6 Å². The normalized spacial score (nSPS) is 24.3. The zero-order chi connectivity index (χ0) is 22.6. The van der Waals surface area contributed by atoms with Crippen molar-refractivity contribution in [3.63, 3.8) is 0 Å². The van der Waals surface area contributed by atoms with Crippen LogP contribution in [0.1, 0.15) is 110 Å². The third-order valence-corrected chi connectivity index (χ3v) is 6.25. The monoisotopic (exact) mass is 442 g/mol. The standard InChI is InChI=1S/C26H50O5/c1-2-3-4-5-6-7-8-9-10-11-12-13-14-15-16-17-18-19-20-30-24-22-31-23(21-27)25(28)26(24)29/h16-17,23-29H,2-15,18-22H2,1H3/b17-16+/t23-,24+,25-,26-/m1/s1. The van der Waals surface area contributed by atoms with Gasteiger partial charge in [-0.15, -0.1) is 0 Å². The van der Waals surface area contributed by atoms with Gasteiger partial charge in [0.15, 0.2) is 0 Å². The van der Waals surface area contributed by atoms with Crippen LogP contribution in [-0.2, 0) is 9.47 Å². The van der Waals surface area contributed by atoms with Gasteiger partial charge in [-0.1, -0.05) is 96.1 Å². The lowest BCUT2D eigenvalue weighted by molar-refractivity contribution is -0.208. The van der Waals surface area contributed by atoms with E-state index in [2.05, 4.69) is 19.1 Å². The Labute approximate surface area is 191 Å². The molecular weight excluding hydrogens is 392 g/mol. The Kier molecular flexibility index (Phi) is 18.6.